The Morgan fingerprint density at radius 1 is 1.14 bits per heavy atom. The van der Waals surface area contributed by atoms with E-state index in [1.807, 2.05) is 36.0 Å². The van der Waals surface area contributed by atoms with Gasteiger partial charge in [-0.3, -0.25) is 4.79 Å². The molecule has 0 atom stereocenters. The van der Waals surface area contributed by atoms with Crippen LogP contribution >= 0.6 is 0 Å². The first-order valence-corrected chi connectivity index (χ1v) is 7.10. The number of nitrogens with one attached hydrogen (secondary N) is 1. The fourth-order valence-corrected chi connectivity index (χ4v) is 2.00. The minimum Gasteiger partial charge on any atom is -0.356 e. The van der Waals surface area contributed by atoms with Crippen LogP contribution in [0.25, 0.3) is 0 Å². The molecule has 0 fully saturated rings. The summed E-state index contributed by atoms with van der Waals surface area (Å²) < 4.78 is 14.7. The Balaban J connectivity index is 1.67. The first kappa shape index (κ1) is 15.2. The van der Waals surface area contributed by atoms with Gasteiger partial charge in [0.2, 0.25) is 5.91 Å². The van der Waals surface area contributed by atoms with E-state index < -0.39 is 0 Å². The number of rotatable bonds is 6. The SMILES string of the molecule is Cc1cc[n+](CCC(=O)NCCc2ccc(F)cc2)cc1. The number of carbonyl (C=O) groups is 1. The van der Waals surface area contributed by atoms with E-state index in [4.69, 9.17) is 0 Å². The Bertz CT molecular complexity index is 579. The molecular formula is C17H20FN2O+. The molecule has 21 heavy (non-hydrogen) atoms. The maximum Gasteiger partial charge on any atom is 0.226 e. The molecule has 0 spiro atoms. The van der Waals surface area contributed by atoms with Gasteiger partial charge in [0.05, 0.1) is 6.42 Å². The number of halogens is 1. The second-order valence-corrected chi connectivity index (χ2v) is 5.09. The molecule has 1 N–H and O–H groups in total. The highest BCUT2D eigenvalue weighted by molar-refractivity contribution is 5.75. The molecule has 0 bridgehead atoms. The van der Waals surface area contributed by atoms with Crippen LogP contribution in [0.3, 0.4) is 0 Å². The summed E-state index contributed by atoms with van der Waals surface area (Å²) in [7, 11) is 0. The Kier molecular flexibility index (Phi) is 5.43. The minimum absolute atomic E-state index is 0.0326. The Labute approximate surface area is 124 Å². The quantitative estimate of drug-likeness (QED) is 0.812. The zero-order valence-corrected chi connectivity index (χ0v) is 12.2. The summed E-state index contributed by atoms with van der Waals surface area (Å²) in [6.07, 6.45) is 5.11. The molecule has 0 radical (unpaired) electrons. The lowest BCUT2D eigenvalue weighted by molar-refractivity contribution is -0.695. The summed E-state index contributed by atoms with van der Waals surface area (Å²) in [5.74, 6) is -0.205. The van der Waals surface area contributed by atoms with Gasteiger partial charge in [0.15, 0.2) is 18.9 Å². The van der Waals surface area contributed by atoms with Crippen LogP contribution in [-0.4, -0.2) is 12.5 Å². The summed E-state index contributed by atoms with van der Waals surface area (Å²) in [5, 5.41) is 2.88. The standard InChI is InChI=1S/C17H19FN2O/c1-14-7-11-20(12-8-14)13-9-17(21)19-10-6-15-2-4-16(18)5-3-15/h2-5,7-8,11-12H,6,9-10,13H2,1H3/p+1. The molecule has 0 saturated heterocycles. The molecule has 0 aliphatic rings. The van der Waals surface area contributed by atoms with Gasteiger partial charge in [0.25, 0.3) is 0 Å². The van der Waals surface area contributed by atoms with Gasteiger partial charge in [-0.1, -0.05) is 12.1 Å². The average Bonchev–Trinajstić information content (AvgIpc) is 2.49. The first-order valence-electron chi connectivity index (χ1n) is 7.10. The normalized spacial score (nSPS) is 10.4. The molecule has 1 aromatic carbocycles. The number of nitrogens with zero attached hydrogens (tertiary/aromatic N) is 1. The highest BCUT2D eigenvalue weighted by Gasteiger charge is 2.06. The van der Waals surface area contributed by atoms with Crippen molar-refractivity contribution in [3.05, 3.63) is 65.7 Å². The Morgan fingerprint density at radius 3 is 2.48 bits per heavy atom. The third-order valence-corrected chi connectivity index (χ3v) is 3.30. The van der Waals surface area contributed by atoms with Crippen molar-refractivity contribution in [3.63, 3.8) is 0 Å². The van der Waals surface area contributed by atoms with Gasteiger partial charge in [-0.15, -0.1) is 0 Å². The van der Waals surface area contributed by atoms with Gasteiger partial charge < -0.3 is 5.32 Å². The molecular weight excluding hydrogens is 267 g/mol. The van der Waals surface area contributed by atoms with Crippen molar-refractivity contribution in [2.75, 3.05) is 6.54 Å². The largest absolute Gasteiger partial charge is 0.356 e. The number of aryl methyl sites for hydroxylation is 2. The third-order valence-electron chi connectivity index (χ3n) is 3.30. The van der Waals surface area contributed by atoms with Gasteiger partial charge in [0.1, 0.15) is 5.82 Å². The average molecular weight is 287 g/mol. The summed E-state index contributed by atoms with van der Waals surface area (Å²) in [6, 6.07) is 10.4. The maximum absolute atomic E-state index is 12.8. The molecule has 3 nitrogen and oxygen atoms in total. The number of aromatic nitrogens is 1. The van der Waals surface area contributed by atoms with Crippen molar-refractivity contribution in [2.24, 2.45) is 0 Å². The van der Waals surface area contributed by atoms with Gasteiger partial charge in [0, 0.05) is 18.7 Å². The zero-order valence-electron chi connectivity index (χ0n) is 12.2. The molecule has 1 heterocycles. The molecule has 2 rings (SSSR count). The van der Waals surface area contributed by atoms with Gasteiger partial charge in [-0.2, -0.15) is 0 Å². The molecule has 1 amide bonds. The number of hydrogen-bond donors (Lipinski definition) is 1. The molecule has 0 unspecified atom stereocenters. The van der Waals surface area contributed by atoms with Gasteiger partial charge >= 0.3 is 0 Å². The van der Waals surface area contributed by atoms with Crippen LogP contribution in [0.2, 0.25) is 0 Å². The smallest absolute Gasteiger partial charge is 0.226 e. The molecule has 1 aromatic heterocycles. The van der Waals surface area contributed by atoms with E-state index in [0.29, 0.717) is 25.9 Å². The summed E-state index contributed by atoms with van der Waals surface area (Å²) >= 11 is 0. The van der Waals surface area contributed by atoms with Crippen molar-refractivity contribution in [3.8, 4) is 0 Å². The molecule has 110 valence electrons. The summed E-state index contributed by atoms with van der Waals surface area (Å²) in [4.78, 5) is 11.7. The molecule has 0 saturated carbocycles. The van der Waals surface area contributed by atoms with E-state index in [1.54, 1.807) is 12.1 Å². The van der Waals surface area contributed by atoms with E-state index in [0.717, 1.165) is 5.56 Å². The zero-order chi connectivity index (χ0) is 15.1. The van der Waals surface area contributed by atoms with Crippen LogP contribution in [0.4, 0.5) is 4.39 Å². The second-order valence-electron chi connectivity index (χ2n) is 5.09. The lowest BCUT2D eigenvalue weighted by Gasteiger charge is -2.04. The van der Waals surface area contributed by atoms with Crippen LogP contribution in [0, 0.1) is 12.7 Å². The molecule has 0 aliphatic carbocycles. The topological polar surface area (TPSA) is 33.0 Å². The van der Waals surface area contributed by atoms with Crippen molar-refractivity contribution in [1.82, 2.24) is 5.32 Å². The van der Waals surface area contributed by atoms with Crippen molar-refractivity contribution in [2.45, 2.75) is 26.3 Å². The van der Waals surface area contributed by atoms with E-state index >= 15 is 0 Å². The fraction of sp³-hybridized carbons (Fsp3) is 0.294. The van der Waals surface area contributed by atoms with Crippen LogP contribution < -0.4 is 9.88 Å². The predicted molar refractivity (Wildman–Crippen MR) is 79.1 cm³/mol. The number of amides is 1. The third kappa shape index (κ3) is 5.34. The maximum atomic E-state index is 12.8. The van der Waals surface area contributed by atoms with Crippen molar-refractivity contribution in [1.29, 1.82) is 0 Å². The minimum atomic E-state index is -0.238. The lowest BCUT2D eigenvalue weighted by Crippen LogP contribution is -2.36. The van der Waals surface area contributed by atoms with E-state index in [1.165, 1.54) is 17.7 Å². The van der Waals surface area contributed by atoms with Crippen molar-refractivity contribution >= 4 is 5.91 Å². The van der Waals surface area contributed by atoms with E-state index in [2.05, 4.69) is 5.32 Å². The first-order chi connectivity index (χ1) is 10.1. The molecule has 0 aliphatic heterocycles. The number of hydrogen-bond acceptors (Lipinski definition) is 1. The number of pyridine rings is 1. The van der Waals surface area contributed by atoms with Crippen LogP contribution in [0.5, 0.6) is 0 Å². The Morgan fingerprint density at radius 2 is 1.81 bits per heavy atom. The predicted octanol–water partition coefficient (Wildman–Crippen LogP) is 2.17. The lowest BCUT2D eigenvalue weighted by atomic mass is 10.1. The van der Waals surface area contributed by atoms with E-state index in [9.17, 15) is 9.18 Å². The summed E-state index contributed by atoms with van der Waals surface area (Å²) in [6.45, 7) is 3.28. The number of carbonyl (C=O) groups excluding carboxylic acids is 1. The van der Waals surface area contributed by atoms with Gasteiger partial charge in [-0.25, -0.2) is 8.96 Å². The highest BCUT2D eigenvalue weighted by Crippen LogP contribution is 2.02. The van der Waals surface area contributed by atoms with Crippen LogP contribution in [0.15, 0.2) is 48.8 Å². The monoisotopic (exact) mass is 287 g/mol. The van der Waals surface area contributed by atoms with E-state index in [-0.39, 0.29) is 11.7 Å². The second kappa shape index (κ2) is 7.53. The van der Waals surface area contributed by atoms with Gasteiger partial charge in [-0.05, 0) is 36.6 Å². The Hall–Kier alpha value is -2.23. The molecule has 2 aromatic rings. The fourth-order valence-electron chi connectivity index (χ4n) is 2.00. The molecule has 4 heteroatoms. The van der Waals surface area contributed by atoms with Crippen LogP contribution in [-0.2, 0) is 17.8 Å². The number of benzene rings is 1. The highest BCUT2D eigenvalue weighted by atomic mass is 19.1. The van der Waals surface area contributed by atoms with Crippen molar-refractivity contribution < 1.29 is 13.8 Å². The van der Waals surface area contributed by atoms with Crippen LogP contribution in [0.1, 0.15) is 17.5 Å². The summed E-state index contributed by atoms with van der Waals surface area (Å²) in [5.41, 5.74) is 2.22.